The molecule has 0 bridgehead atoms. The Labute approximate surface area is 107 Å². The van der Waals surface area contributed by atoms with E-state index in [0.29, 0.717) is 11.4 Å². The Bertz CT molecular complexity index is 591. The Morgan fingerprint density at radius 2 is 1.78 bits per heavy atom. The van der Waals surface area contributed by atoms with Crippen LogP contribution < -0.4 is 5.32 Å². The van der Waals surface area contributed by atoms with E-state index < -0.39 is 0 Å². The zero-order chi connectivity index (χ0) is 13.1. The first kappa shape index (κ1) is 12.3. The van der Waals surface area contributed by atoms with E-state index in [9.17, 15) is 4.79 Å². The fourth-order valence-corrected chi connectivity index (χ4v) is 1.86. The quantitative estimate of drug-likeness (QED) is 0.875. The lowest BCUT2D eigenvalue weighted by Gasteiger charge is -2.08. The van der Waals surface area contributed by atoms with Crippen molar-refractivity contribution in [3.05, 3.63) is 58.8 Å². The molecule has 0 unspecified atom stereocenters. The number of benzene rings is 1. The Morgan fingerprint density at radius 3 is 2.44 bits per heavy atom. The molecule has 0 aliphatic heterocycles. The normalized spacial score (nSPS) is 10.2. The minimum absolute atomic E-state index is 0.120. The zero-order valence-electron chi connectivity index (χ0n) is 10.8. The van der Waals surface area contributed by atoms with E-state index in [0.717, 1.165) is 16.7 Å². The average Bonchev–Trinajstić information content (AvgIpc) is 2.28. The molecule has 3 heteroatoms. The summed E-state index contributed by atoms with van der Waals surface area (Å²) in [5, 5.41) is 2.81. The van der Waals surface area contributed by atoms with E-state index in [-0.39, 0.29) is 5.91 Å². The largest absolute Gasteiger partial charge is 0.307 e. The van der Waals surface area contributed by atoms with E-state index in [1.165, 1.54) is 0 Å². The molecule has 1 aromatic carbocycles. The van der Waals surface area contributed by atoms with Gasteiger partial charge in [-0.1, -0.05) is 17.7 Å². The van der Waals surface area contributed by atoms with Gasteiger partial charge in [0.15, 0.2) is 0 Å². The van der Waals surface area contributed by atoms with Crippen molar-refractivity contribution in [3.8, 4) is 0 Å². The molecule has 0 fully saturated rings. The fraction of sp³-hybridized carbons (Fsp3) is 0.200. The van der Waals surface area contributed by atoms with Gasteiger partial charge >= 0.3 is 0 Å². The van der Waals surface area contributed by atoms with Crippen molar-refractivity contribution in [3.63, 3.8) is 0 Å². The molecule has 1 amide bonds. The lowest BCUT2D eigenvalue weighted by Crippen LogP contribution is -2.14. The summed E-state index contributed by atoms with van der Waals surface area (Å²) in [6, 6.07) is 9.52. The van der Waals surface area contributed by atoms with E-state index in [1.807, 2.05) is 51.1 Å². The van der Waals surface area contributed by atoms with Crippen LogP contribution in [0.5, 0.6) is 0 Å². The van der Waals surface area contributed by atoms with Gasteiger partial charge in [-0.15, -0.1) is 0 Å². The number of carbonyl (C=O) groups excluding carboxylic acids is 1. The number of nitrogens with one attached hydrogen (secondary N) is 1. The SMILES string of the molecule is Cc1ccnc(NC(=O)c2ccc(C)cc2C)c1. The maximum Gasteiger partial charge on any atom is 0.257 e. The number of carbonyl (C=O) groups is 1. The third kappa shape index (κ3) is 2.74. The van der Waals surface area contributed by atoms with Crippen LogP contribution in [0.15, 0.2) is 36.5 Å². The fourth-order valence-electron chi connectivity index (χ4n) is 1.86. The predicted octanol–water partition coefficient (Wildman–Crippen LogP) is 3.26. The van der Waals surface area contributed by atoms with Crippen molar-refractivity contribution in [2.75, 3.05) is 5.32 Å². The summed E-state index contributed by atoms with van der Waals surface area (Å²) in [5.74, 6) is 0.463. The predicted molar refractivity (Wildman–Crippen MR) is 72.8 cm³/mol. The molecule has 18 heavy (non-hydrogen) atoms. The molecule has 1 N–H and O–H groups in total. The first-order chi connectivity index (χ1) is 8.56. The summed E-state index contributed by atoms with van der Waals surface area (Å²) in [6.45, 7) is 5.91. The summed E-state index contributed by atoms with van der Waals surface area (Å²) in [4.78, 5) is 16.2. The summed E-state index contributed by atoms with van der Waals surface area (Å²) in [5.41, 5.74) is 3.88. The molecule has 2 rings (SSSR count). The van der Waals surface area contributed by atoms with Crippen LogP contribution in [0.4, 0.5) is 5.82 Å². The van der Waals surface area contributed by atoms with Crippen LogP contribution in [-0.2, 0) is 0 Å². The zero-order valence-corrected chi connectivity index (χ0v) is 10.8. The highest BCUT2D eigenvalue weighted by Gasteiger charge is 2.09. The summed E-state index contributed by atoms with van der Waals surface area (Å²) < 4.78 is 0. The van der Waals surface area contributed by atoms with Crippen molar-refractivity contribution in [2.24, 2.45) is 0 Å². The first-order valence-corrected chi connectivity index (χ1v) is 5.87. The van der Waals surface area contributed by atoms with Crippen LogP contribution in [0.1, 0.15) is 27.0 Å². The minimum Gasteiger partial charge on any atom is -0.307 e. The summed E-state index contributed by atoms with van der Waals surface area (Å²) >= 11 is 0. The lowest BCUT2D eigenvalue weighted by molar-refractivity contribution is 0.102. The molecular formula is C15H16N2O. The maximum atomic E-state index is 12.1. The third-order valence-electron chi connectivity index (χ3n) is 2.78. The molecule has 1 aromatic heterocycles. The smallest absolute Gasteiger partial charge is 0.257 e. The molecule has 3 nitrogen and oxygen atoms in total. The highest BCUT2D eigenvalue weighted by atomic mass is 16.1. The topological polar surface area (TPSA) is 42.0 Å². The number of anilines is 1. The number of pyridine rings is 1. The molecule has 2 aromatic rings. The Morgan fingerprint density at radius 1 is 1.06 bits per heavy atom. The maximum absolute atomic E-state index is 12.1. The average molecular weight is 240 g/mol. The van der Waals surface area contributed by atoms with Crippen LogP contribution in [0.3, 0.4) is 0 Å². The van der Waals surface area contributed by atoms with Gasteiger partial charge in [-0.2, -0.15) is 0 Å². The van der Waals surface area contributed by atoms with Crippen molar-refractivity contribution < 1.29 is 4.79 Å². The molecule has 0 aliphatic carbocycles. The summed E-state index contributed by atoms with van der Waals surface area (Å²) in [7, 11) is 0. The number of hydrogen-bond donors (Lipinski definition) is 1. The number of aromatic nitrogens is 1. The van der Waals surface area contributed by atoms with Crippen molar-refractivity contribution in [2.45, 2.75) is 20.8 Å². The summed E-state index contributed by atoms with van der Waals surface area (Å²) in [6.07, 6.45) is 1.69. The van der Waals surface area contributed by atoms with Crippen LogP contribution in [0.25, 0.3) is 0 Å². The van der Waals surface area contributed by atoms with Gasteiger partial charge in [0, 0.05) is 11.8 Å². The number of amides is 1. The van der Waals surface area contributed by atoms with Gasteiger partial charge in [-0.25, -0.2) is 4.98 Å². The molecule has 0 atom stereocenters. The standard InChI is InChI=1S/C15H16N2O/c1-10-4-5-13(12(3)8-10)15(18)17-14-9-11(2)6-7-16-14/h4-9H,1-3H3,(H,16,17,18). The number of hydrogen-bond acceptors (Lipinski definition) is 2. The van der Waals surface area contributed by atoms with Gasteiger partial charge in [-0.3, -0.25) is 4.79 Å². The second kappa shape index (κ2) is 5.00. The highest BCUT2D eigenvalue weighted by Crippen LogP contribution is 2.13. The monoisotopic (exact) mass is 240 g/mol. The molecule has 0 spiro atoms. The second-order valence-electron chi connectivity index (χ2n) is 4.49. The van der Waals surface area contributed by atoms with Crippen LogP contribution in [0.2, 0.25) is 0 Å². The Hall–Kier alpha value is -2.16. The van der Waals surface area contributed by atoms with Crippen molar-refractivity contribution in [1.82, 2.24) is 4.98 Å². The van der Waals surface area contributed by atoms with Crippen LogP contribution in [0, 0.1) is 20.8 Å². The highest BCUT2D eigenvalue weighted by molar-refractivity contribution is 6.04. The Balaban J connectivity index is 2.22. The molecule has 0 saturated heterocycles. The van der Waals surface area contributed by atoms with Crippen LogP contribution >= 0.6 is 0 Å². The van der Waals surface area contributed by atoms with Crippen molar-refractivity contribution >= 4 is 11.7 Å². The number of rotatable bonds is 2. The van der Waals surface area contributed by atoms with Crippen LogP contribution in [-0.4, -0.2) is 10.9 Å². The first-order valence-electron chi connectivity index (χ1n) is 5.87. The minimum atomic E-state index is -0.120. The molecule has 1 heterocycles. The van der Waals surface area contributed by atoms with Crippen molar-refractivity contribution in [1.29, 1.82) is 0 Å². The van der Waals surface area contributed by atoms with Gasteiger partial charge in [0.05, 0.1) is 0 Å². The van der Waals surface area contributed by atoms with E-state index >= 15 is 0 Å². The number of aryl methyl sites for hydroxylation is 3. The van der Waals surface area contributed by atoms with Gasteiger partial charge in [0.25, 0.3) is 5.91 Å². The second-order valence-corrected chi connectivity index (χ2v) is 4.49. The number of nitrogens with zero attached hydrogens (tertiary/aromatic N) is 1. The van der Waals surface area contributed by atoms with Gasteiger partial charge in [0.1, 0.15) is 5.82 Å². The molecule has 92 valence electrons. The Kier molecular flexibility index (Phi) is 3.42. The third-order valence-corrected chi connectivity index (χ3v) is 2.78. The molecule has 0 saturated carbocycles. The van der Waals surface area contributed by atoms with E-state index in [1.54, 1.807) is 6.20 Å². The lowest BCUT2D eigenvalue weighted by atomic mass is 10.1. The molecule has 0 aliphatic rings. The molecular weight excluding hydrogens is 224 g/mol. The van der Waals surface area contributed by atoms with E-state index in [4.69, 9.17) is 0 Å². The molecule has 0 radical (unpaired) electrons. The van der Waals surface area contributed by atoms with Gasteiger partial charge in [-0.05, 0) is 50.1 Å². The van der Waals surface area contributed by atoms with E-state index in [2.05, 4.69) is 10.3 Å². The van der Waals surface area contributed by atoms with Gasteiger partial charge in [0.2, 0.25) is 0 Å². The van der Waals surface area contributed by atoms with Gasteiger partial charge < -0.3 is 5.32 Å².